The lowest BCUT2D eigenvalue weighted by atomic mass is 10.3. The molecule has 0 rings (SSSR count). The maximum absolute atomic E-state index is 11.9. The minimum atomic E-state index is -2.24. The Bertz CT molecular complexity index is 174. The molecule has 0 aliphatic carbocycles. The highest BCUT2D eigenvalue weighted by atomic mass is 31.2. The number of hydrogen-bond acceptors (Lipinski definition) is 2. The first-order chi connectivity index (χ1) is 5.31. The summed E-state index contributed by atoms with van der Waals surface area (Å²) in [6.07, 6.45) is 0. The molecular weight excluding hydrogens is 173 g/mol. The molecule has 0 amide bonds. The van der Waals surface area contributed by atoms with Gasteiger partial charge in [0.15, 0.2) is 0 Å². The van der Waals surface area contributed by atoms with Crippen LogP contribution < -0.4 is 5.09 Å². The second-order valence-electron chi connectivity index (χ2n) is 4.00. The second kappa shape index (κ2) is 4.40. The van der Waals surface area contributed by atoms with Crippen molar-refractivity contribution in [3.05, 3.63) is 0 Å². The maximum Gasteiger partial charge on any atom is 0.150 e. The Kier molecular flexibility index (Phi) is 4.46. The fraction of sp³-hybridized carbons (Fsp3) is 1.00. The zero-order chi connectivity index (χ0) is 9.83. The van der Waals surface area contributed by atoms with Gasteiger partial charge in [-0.1, -0.05) is 20.8 Å². The van der Waals surface area contributed by atoms with Crippen LogP contribution in [0.1, 0.15) is 20.8 Å². The summed E-state index contributed by atoms with van der Waals surface area (Å²) < 4.78 is 16.8. The van der Waals surface area contributed by atoms with Gasteiger partial charge in [0, 0.05) is 25.5 Å². The summed E-state index contributed by atoms with van der Waals surface area (Å²) in [5.74, 6) is 0. The van der Waals surface area contributed by atoms with E-state index in [9.17, 15) is 4.57 Å². The first kappa shape index (κ1) is 12.2. The van der Waals surface area contributed by atoms with E-state index in [2.05, 4.69) is 5.09 Å². The minimum Gasteiger partial charge on any atom is -0.383 e. The quantitative estimate of drug-likeness (QED) is 0.547. The van der Waals surface area contributed by atoms with Crippen LogP contribution in [0.25, 0.3) is 0 Å². The van der Waals surface area contributed by atoms with Gasteiger partial charge in [0.1, 0.15) is 7.29 Å². The van der Waals surface area contributed by atoms with Crippen molar-refractivity contribution in [3.8, 4) is 0 Å². The fourth-order valence-electron chi connectivity index (χ4n) is 0.598. The van der Waals surface area contributed by atoms with Crippen molar-refractivity contribution in [2.75, 3.05) is 26.9 Å². The van der Waals surface area contributed by atoms with E-state index in [0.29, 0.717) is 13.2 Å². The van der Waals surface area contributed by atoms with E-state index in [1.54, 1.807) is 13.8 Å². The molecule has 0 fully saturated rings. The lowest BCUT2D eigenvalue weighted by Crippen LogP contribution is -2.27. The number of nitrogens with one attached hydrogen (secondary N) is 1. The molecule has 0 saturated heterocycles. The van der Waals surface area contributed by atoms with Crippen LogP contribution in [-0.2, 0) is 9.30 Å². The molecule has 1 unspecified atom stereocenters. The molecule has 0 radical (unpaired) electrons. The molecule has 0 bridgehead atoms. The van der Waals surface area contributed by atoms with E-state index in [0.717, 1.165) is 0 Å². The monoisotopic (exact) mass is 193 g/mol. The highest BCUT2D eigenvalue weighted by molar-refractivity contribution is 7.62. The van der Waals surface area contributed by atoms with Gasteiger partial charge in [0.2, 0.25) is 0 Å². The van der Waals surface area contributed by atoms with Crippen LogP contribution in [0.5, 0.6) is 0 Å². The topological polar surface area (TPSA) is 38.3 Å². The minimum absolute atomic E-state index is 0.166. The van der Waals surface area contributed by atoms with Crippen molar-refractivity contribution in [3.63, 3.8) is 0 Å². The average molecular weight is 193 g/mol. The summed E-state index contributed by atoms with van der Waals surface area (Å²) in [6.45, 7) is 8.98. The van der Waals surface area contributed by atoms with Gasteiger partial charge < -0.3 is 9.30 Å². The second-order valence-corrected chi connectivity index (χ2v) is 7.50. The van der Waals surface area contributed by atoms with E-state index in [1.165, 1.54) is 0 Å². The summed E-state index contributed by atoms with van der Waals surface area (Å²) in [4.78, 5) is 0. The van der Waals surface area contributed by atoms with Crippen molar-refractivity contribution >= 4 is 7.29 Å². The highest BCUT2D eigenvalue weighted by Crippen LogP contribution is 2.50. The molecule has 1 N–H and O–H groups in total. The van der Waals surface area contributed by atoms with Gasteiger partial charge in [-0.3, -0.25) is 5.09 Å². The van der Waals surface area contributed by atoms with Crippen LogP contribution in [0.2, 0.25) is 0 Å². The van der Waals surface area contributed by atoms with Crippen molar-refractivity contribution in [2.24, 2.45) is 0 Å². The Hall–Kier alpha value is 0.150. The molecule has 0 heterocycles. The standard InChI is InChI=1S/C8H20NO2P/c1-8(2,3)12(5,10)9-6-7-11-4/h6-7H2,1-5H3,(H,9,10). The van der Waals surface area contributed by atoms with Crippen LogP contribution in [-0.4, -0.2) is 32.1 Å². The molecule has 0 spiro atoms. The van der Waals surface area contributed by atoms with Gasteiger partial charge in [0.05, 0.1) is 6.61 Å². The highest BCUT2D eigenvalue weighted by Gasteiger charge is 2.30. The van der Waals surface area contributed by atoms with Gasteiger partial charge in [0.25, 0.3) is 0 Å². The SMILES string of the molecule is COCCNP(C)(=O)C(C)(C)C. The number of hydrogen-bond donors (Lipinski definition) is 1. The number of ether oxygens (including phenoxy) is 1. The summed E-state index contributed by atoms with van der Waals surface area (Å²) >= 11 is 0. The molecule has 1 atom stereocenters. The summed E-state index contributed by atoms with van der Waals surface area (Å²) in [6, 6.07) is 0. The molecule has 0 aliphatic rings. The third-order valence-electron chi connectivity index (χ3n) is 2.00. The molecule has 3 nitrogen and oxygen atoms in total. The Morgan fingerprint density at radius 1 is 1.42 bits per heavy atom. The Balaban J connectivity index is 3.98. The van der Waals surface area contributed by atoms with Crippen LogP contribution in [0, 0.1) is 0 Å². The first-order valence-electron chi connectivity index (χ1n) is 4.13. The van der Waals surface area contributed by atoms with E-state index in [-0.39, 0.29) is 5.16 Å². The van der Waals surface area contributed by atoms with Crippen molar-refractivity contribution in [2.45, 2.75) is 25.9 Å². The molecule has 0 saturated carbocycles. The van der Waals surface area contributed by atoms with E-state index in [1.807, 2.05) is 20.8 Å². The van der Waals surface area contributed by atoms with Crippen LogP contribution in [0.3, 0.4) is 0 Å². The van der Waals surface area contributed by atoms with Crippen molar-refractivity contribution < 1.29 is 9.30 Å². The van der Waals surface area contributed by atoms with Crippen LogP contribution in [0.15, 0.2) is 0 Å². The third-order valence-corrected chi connectivity index (χ3v) is 5.39. The average Bonchev–Trinajstić information content (AvgIpc) is 1.85. The van der Waals surface area contributed by atoms with Gasteiger partial charge in [-0.05, 0) is 0 Å². The molecule has 0 aromatic carbocycles. The summed E-state index contributed by atoms with van der Waals surface area (Å²) in [5.41, 5.74) is 0. The Morgan fingerprint density at radius 3 is 2.25 bits per heavy atom. The summed E-state index contributed by atoms with van der Waals surface area (Å²) in [5, 5.41) is 2.86. The predicted octanol–water partition coefficient (Wildman–Crippen LogP) is 1.93. The molecule has 12 heavy (non-hydrogen) atoms. The smallest absolute Gasteiger partial charge is 0.150 e. The first-order valence-corrected chi connectivity index (χ1v) is 6.28. The van der Waals surface area contributed by atoms with E-state index in [4.69, 9.17) is 4.74 Å². The van der Waals surface area contributed by atoms with Gasteiger partial charge >= 0.3 is 0 Å². The fourth-order valence-corrected chi connectivity index (χ4v) is 1.59. The zero-order valence-corrected chi connectivity index (χ0v) is 9.57. The van der Waals surface area contributed by atoms with Gasteiger partial charge in [-0.2, -0.15) is 0 Å². The van der Waals surface area contributed by atoms with Crippen LogP contribution >= 0.6 is 7.29 Å². The van der Waals surface area contributed by atoms with Crippen LogP contribution in [0.4, 0.5) is 0 Å². The largest absolute Gasteiger partial charge is 0.383 e. The molecule has 74 valence electrons. The molecule has 0 aromatic rings. The van der Waals surface area contributed by atoms with Gasteiger partial charge in [-0.25, -0.2) is 0 Å². The Morgan fingerprint density at radius 2 is 1.92 bits per heavy atom. The molecular formula is C8H20NO2P. The molecule has 0 aliphatic heterocycles. The number of rotatable bonds is 4. The van der Waals surface area contributed by atoms with Crippen molar-refractivity contribution in [1.82, 2.24) is 5.09 Å². The van der Waals surface area contributed by atoms with E-state index < -0.39 is 7.29 Å². The van der Waals surface area contributed by atoms with E-state index >= 15 is 0 Å². The third kappa shape index (κ3) is 3.70. The van der Waals surface area contributed by atoms with Crippen molar-refractivity contribution in [1.29, 1.82) is 0 Å². The lowest BCUT2D eigenvalue weighted by Gasteiger charge is -2.28. The zero-order valence-electron chi connectivity index (χ0n) is 8.68. The summed E-state index contributed by atoms with van der Waals surface area (Å²) in [7, 11) is -0.598. The Labute approximate surface area is 75.3 Å². The molecule has 4 heteroatoms. The number of methoxy groups -OCH3 is 1. The normalized spacial score (nSPS) is 17.4. The maximum atomic E-state index is 11.9. The molecule has 0 aromatic heterocycles. The van der Waals surface area contributed by atoms with Gasteiger partial charge in [-0.15, -0.1) is 0 Å². The lowest BCUT2D eigenvalue weighted by molar-refractivity contribution is 0.204. The predicted molar refractivity (Wildman–Crippen MR) is 53.2 cm³/mol.